The molecule has 0 unspecified atom stereocenters. The molecular weight excluding hydrogens is 320 g/mol. The van der Waals surface area contributed by atoms with Crippen LogP contribution >= 0.6 is 11.3 Å². The summed E-state index contributed by atoms with van der Waals surface area (Å²) < 4.78 is 10.8. The fourth-order valence-corrected chi connectivity index (χ4v) is 3.21. The minimum absolute atomic E-state index is 0.627. The van der Waals surface area contributed by atoms with E-state index in [0.29, 0.717) is 5.89 Å². The molecule has 0 N–H and O–H groups in total. The van der Waals surface area contributed by atoms with Crippen LogP contribution in [0, 0.1) is 0 Å². The largest absolute Gasteiger partial charge is 0.497 e. The predicted octanol–water partition coefficient (Wildman–Crippen LogP) is 4.60. The van der Waals surface area contributed by atoms with Gasteiger partial charge in [0.15, 0.2) is 0 Å². The number of aromatic nitrogens is 1. The van der Waals surface area contributed by atoms with Crippen LogP contribution in [-0.4, -0.2) is 23.5 Å². The number of hydrogen-bond donors (Lipinski definition) is 0. The molecule has 124 valence electrons. The molecule has 0 aliphatic rings. The van der Waals surface area contributed by atoms with Crippen molar-refractivity contribution in [3.8, 4) is 17.2 Å². The van der Waals surface area contributed by atoms with E-state index < -0.39 is 0 Å². The number of hydrogen-bond acceptors (Lipinski definition) is 5. The second kappa shape index (κ2) is 7.95. The summed E-state index contributed by atoms with van der Waals surface area (Å²) in [7, 11) is 1.65. The lowest BCUT2D eigenvalue weighted by atomic mass is 10.2. The molecule has 0 atom stereocenters. The van der Waals surface area contributed by atoms with E-state index in [2.05, 4.69) is 34.0 Å². The molecule has 4 nitrogen and oxygen atoms in total. The second-order valence-corrected chi connectivity index (χ2v) is 6.44. The number of ether oxygens (including phenoxy) is 1. The third-order valence-electron chi connectivity index (χ3n) is 3.62. The molecule has 2 aromatic heterocycles. The van der Waals surface area contributed by atoms with Crippen molar-refractivity contribution in [1.29, 1.82) is 0 Å². The van der Waals surface area contributed by atoms with Gasteiger partial charge in [0.05, 0.1) is 12.8 Å². The van der Waals surface area contributed by atoms with Crippen molar-refractivity contribution < 1.29 is 9.15 Å². The molecule has 5 heteroatoms. The summed E-state index contributed by atoms with van der Waals surface area (Å²) in [5.74, 6) is 1.45. The van der Waals surface area contributed by atoms with Gasteiger partial charge in [-0.25, -0.2) is 4.98 Å². The number of benzene rings is 1. The molecule has 0 radical (unpaired) electrons. The van der Waals surface area contributed by atoms with Crippen LogP contribution in [0.4, 0.5) is 0 Å². The zero-order chi connectivity index (χ0) is 16.8. The summed E-state index contributed by atoms with van der Waals surface area (Å²) >= 11 is 1.76. The van der Waals surface area contributed by atoms with Gasteiger partial charge in [-0.2, -0.15) is 0 Å². The van der Waals surface area contributed by atoms with Crippen LogP contribution < -0.4 is 4.74 Å². The van der Waals surface area contributed by atoms with Crippen LogP contribution in [0.1, 0.15) is 10.6 Å². The van der Waals surface area contributed by atoms with Gasteiger partial charge in [0.1, 0.15) is 12.0 Å². The Balaban J connectivity index is 1.69. The SMILES string of the molecule is C=CCN(Cc1coc(-c2ccc(OC)cc2)n1)Cc1cccs1. The standard InChI is InChI=1S/C19H20N2O2S/c1-3-10-21(13-18-5-4-11-24-18)12-16-14-23-19(20-16)15-6-8-17(22-2)9-7-15/h3-9,11,14H,1,10,12-13H2,2H3. The Hall–Kier alpha value is -2.37. The highest BCUT2D eigenvalue weighted by Crippen LogP contribution is 2.22. The second-order valence-electron chi connectivity index (χ2n) is 5.41. The van der Waals surface area contributed by atoms with Gasteiger partial charge in [0.25, 0.3) is 0 Å². The molecule has 0 saturated carbocycles. The zero-order valence-electron chi connectivity index (χ0n) is 13.6. The lowest BCUT2D eigenvalue weighted by Crippen LogP contribution is -2.22. The molecule has 24 heavy (non-hydrogen) atoms. The quantitative estimate of drug-likeness (QED) is 0.562. The minimum atomic E-state index is 0.627. The summed E-state index contributed by atoms with van der Waals surface area (Å²) in [6.45, 7) is 6.26. The number of nitrogens with zero attached hydrogens (tertiary/aromatic N) is 2. The van der Waals surface area contributed by atoms with E-state index in [1.54, 1.807) is 24.7 Å². The number of rotatable bonds is 8. The molecule has 0 amide bonds. The lowest BCUT2D eigenvalue weighted by Gasteiger charge is -2.18. The maximum absolute atomic E-state index is 5.64. The topological polar surface area (TPSA) is 38.5 Å². The minimum Gasteiger partial charge on any atom is -0.497 e. The van der Waals surface area contributed by atoms with Crippen LogP contribution in [0.15, 0.2) is 65.1 Å². The maximum Gasteiger partial charge on any atom is 0.226 e. The highest BCUT2D eigenvalue weighted by Gasteiger charge is 2.11. The van der Waals surface area contributed by atoms with Crippen LogP contribution in [0.25, 0.3) is 11.5 Å². The maximum atomic E-state index is 5.64. The molecule has 0 bridgehead atoms. The highest BCUT2D eigenvalue weighted by molar-refractivity contribution is 7.09. The fraction of sp³-hybridized carbons (Fsp3) is 0.211. The van der Waals surface area contributed by atoms with Crippen molar-refractivity contribution in [3.63, 3.8) is 0 Å². The Labute approximate surface area is 146 Å². The third kappa shape index (κ3) is 4.13. The van der Waals surface area contributed by atoms with E-state index in [4.69, 9.17) is 9.15 Å². The first-order valence-electron chi connectivity index (χ1n) is 7.73. The summed E-state index contributed by atoms with van der Waals surface area (Å²) in [6, 6.07) is 11.9. The average Bonchev–Trinajstić information content (AvgIpc) is 3.27. The van der Waals surface area contributed by atoms with E-state index in [1.807, 2.05) is 30.3 Å². The van der Waals surface area contributed by atoms with Crippen molar-refractivity contribution in [1.82, 2.24) is 9.88 Å². The fourth-order valence-electron chi connectivity index (χ4n) is 2.47. The highest BCUT2D eigenvalue weighted by atomic mass is 32.1. The lowest BCUT2D eigenvalue weighted by molar-refractivity contribution is 0.285. The first kappa shape index (κ1) is 16.5. The Morgan fingerprint density at radius 1 is 1.25 bits per heavy atom. The van der Waals surface area contributed by atoms with Crippen molar-refractivity contribution in [3.05, 3.63) is 71.3 Å². The van der Waals surface area contributed by atoms with Gasteiger partial charge in [0.2, 0.25) is 5.89 Å². The van der Waals surface area contributed by atoms with Gasteiger partial charge in [-0.1, -0.05) is 12.1 Å². The molecule has 2 heterocycles. The average molecular weight is 340 g/mol. The van der Waals surface area contributed by atoms with Crippen LogP contribution in [0.5, 0.6) is 5.75 Å². The van der Waals surface area contributed by atoms with Crippen molar-refractivity contribution in [2.45, 2.75) is 13.1 Å². The normalized spacial score (nSPS) is 10.9. The van der Waals surface area contributed by atoms with Gasteiger partial charge in [-0.3, -0.25) is 4.90 Å². The zero-order valence-corrected chi connectivity index (χ0v) is 14.5. The molecule has 0 saturated heterocycles. The molecule has 0 aliphatic carbocycles. The van der Waals surface area contributed by atoms with Gasteiger partial charge in [-0.15, -0.1) is 17.9 Å². The molecule has 0 fully saturated rings. The first-order valence-corrected chi connectivity index (χ1v) is 8.61. The Bertz CT molecular complexity index is 763. The molecular formula is C19H20N2O2S. The Morgan fingerprint density at radius 2 is 2.08 bits per heavy atom. The number of methoxy groups -OCH3 is 1. The van der Waals surface area contributed by atoms with Crippen molar-refractivity contribution in [2.24, 2.45) is 0 Å². The van der Waals surface area contributed by atoms with Gasteiger partial charge >= 0.3 is 0 Å². The predicted molar refractivity (Wildman–Crippen MR) is 97.1 cm³/mol. The Kier molecular flexibility index (Phi) is 5.46. The molecule has 0 spiro atoms. The summed E-state index contributed by atoms with van der Waals surface area (Å²) in [4.78, 5) is 8.22. The molecule has 0 aliphatic heterocycles. The third-order valence-corrected chi connectivity index (χ3v) is 4.48. The van der Waals surface area contributed by atoms with E-state index in [1.165, 1.54) is 4.88 Å². The Morgan fingerprint density at radius 3 is 2.75 bits per heavy atom. The molecule has 1 aromatic carbocycles. The van der Waals surface area contributed by atoms with E-state index in [0.717, 1.165) is 36.6 Å². The van der Waals surface area contributed by atoms with Crippen LogP contribution in [-0.2, 0) is 13.1 Å². The first-order chi connectivity index (χ1) is 11.8. The smallest absolute Gasteiger partial charge is 0.226 e. The monoisotopic (exact) mass is 340 g/mol. The van der Waals surface area contributed by atoms with Gasteiger partial charge in [0, 0.05) is 30.1 Å². The number of oxazole rings is 1. The van der Waals surface area contributed by atoms with Crippen LogP contribution in [0.3, 0.4) is 0 Å². The molecule has 3 aromatic rings. The van der Waals surface area contributed by atoms with Crippen molar-refractivity contribution >= 4 is 11.3 Å². The number of thiophene rings is 1. The van der Waals surface area contributed by atoms with Crippen LogP contribution in [0.2, 0.25) is 0 Å². The van der Waals surface area contributed by atoms with Crippen molar-refractivity contribution in [2.75, 3.05) is 13.7 Å². The van der Waals surface area contributed by atoms with E-state index in [9.17, 15) is 0 Å². The summed E-state index contributed by atoms with van der Waals surface area (Å²) in [5.41, 5.74) is 1.86. The molecule has 3 rings (SSSR count). The van der Waals surface area contributed by atoms with Gasteiger partial charge in [-0.05, 0) is 35.7 Å². The summed E-state index contributed by atoms with van der Waals surface area (Å²) in [5, 5.41) is 2.10. The van der Waals surface area contributed by atoms with E-state index in [-0.39, 0.29) is 0 Å². The van der Waals surface area contributed by atoms with Gasteiger partial charge < -0.3 is 9.15 Å². The summed E-state index contributed by atoms with van der Waals surface area (Å²) in [6.07, 6.45) is 3.64. The van der Waals surface area contributed by atoms with E-state index >= 15 is 0 Å².